The highest BCUT2D eigenvalue weighted by Crippen LogP contribution is 2.34. The molecule has 0 saturated carbocycles. The number of anilines is 1. The van der Waals surface area contributed by atoms with Crippen LogP contribution in [-0.2, 0) is 14.8 Å². The number of carbonyl (C=O) groups excluding carboxylic acids is 1. The summed E-state index contributed by atoms with van der Waals surface area (Å²) in [6.07, 6.45) is 1.33. The molecule has 2 aromatic rings. The molecule has 2 aromatic carbocycles. The zero-order valence-corrected chi connectivity index (χ0v) is 18.5. The minimum Gasteiger partial charge on any atom is -0.496 e. The first-order valence-corrected chi connectivity index (χ1v) is 11.8. The molecule has 0 fully saturated rings. The standard InChI is InChI=1S/C22H28N2O5S/c1-5-17(16-10-11-19(28-3)15(2)14-16)23-22(25)21-12-13-24(30(4,26)27)18-8-6-7-9-20(18)29-21/h6-11,14,17,21H,5,12-13H2,1-4H3,(H,23,25)/t17-,21+/m0/s1. The maximum absolute atomic E-state index is 13.0. The molecule has 1 heterocycles. The van der Waals surface area contributed by atoms with E-state index in [4.69, 9.17) is 9.47 Å². The second-order valence-electron chi connectivity index (χ2n) is 7.40. The van der Waals surface area contributed by atoms with E-state index in [0.29, 0.717) is 17.9 Å². The summed E-state index contributed by atoms with van der Waals surface area (Å²) in [5.41, 5.74) is 2.43. The minimum absolute atomic E-state index is 0.173. The number of hydrogen-bond donors (Lipinski definition) is 1. The third kappa shape index (κ3) is 4.70. The van der Waals surface area contributed by atoms with Gasteiger partial charge in [0.1, 0.15) is 11.5 Å². The number of rotatable bonds is 6. The summed E-state index contributed by atoms with van der Waals surface area (Å²) in [5, 5.41) is 3.06. The molecule has 0 spiro atoms. The van der Waals surface area contributed by atoms with Crippen molar-refractivity contribution in [1.29, 1.82) is 0 Å². The molecule has 0 aromatic heterocycles. The zero-order chi connectivity index (χ0) is 21.9. The summed E-state index contributed by atoms with van der Waals surface area (Å²) in [6.45, 7) is 4.13. The van der Waals surface area contributed by atoms with Crippen molar-refractivity contribution in [2.45, 2.75) is 38.8 Å². The van der Waals surface area contributed by atoms with Crippen LogP contribution < -0.4 is 19.1 Å². The number of aryl methyl sites for hydroxylation is 1. The van der Waals surface area contributed by atoms with Crippen LogP contribution in [0.5, 0.6) is 11.5 Å². The van der Waals surface area contributed by atoms with Crippen molar-refractivity contribution in [3.63, 3.8) is 0 Å². The van der Waals surface area contributed by atoms with Gasteiger partial charge in [0, 0.05) is 13.0 Å². The van der Waals surface area contributed by atoms with Gasteiger partial charge in [0.15, 0.2) is 6.10 Å². The van der Waals surface area contributed by atoms with E-state index in [2.05, 4.69) is 5.32 Å². The molecule has 8 heteroatoms. The van der Waals surface area contributed by atoms with Gasteiger partial charge < -0.3 is 14.8 Å². The molecular formula is C22H28N2O5S. The van der Waals surface area contributed by atoms with E-state index in [1.807, 2.05) is 32.0 Å². The molecule has 0 bridgehead atoms. The molecule has 0 aliphatic carbocycles. The predicted octanol–water partition coefficient (Wildman–Crippen LogP) is 3.19. The number of sulfonamides is 1. The Labute approximate surface area is 178 Å². The summed E-state index contributed by atoms with van der Waals surface area (Å²) in [5.74, 6) is 0.916. The van der Waals surface area contributed by atoms with Gasteiger partial charge in [-0.15, -0.1) is 0 Å². The Balaban J connectivity index is 1.81. The largest absolute Gasteiger partial charge is 0.496 e. The van der Waals surface area contributed by atoms with Crippen LogP contribution in [0.25, 0.3) is 0 Å². The van der Waals surface area contributed by atoms with Gasteiger partial charge in [-0.25, -0.2) is 8.42 Å². The first-order chi connectivity index (χ1) is 14.2. The molecular weight excluding hydrogens is 404 g/mol. The Morgan fingerprint density at radius 2 is 2.03 bits per heavy atom. The predicted molar refractivity (Wildman–Crippen MR) is 117 cm³/mol. The monoisotopic (exact) mass is 432 g/mol. The molecule has 7 nitrogen and oxygen atoms in total. The van der Waals surface area contributed by atoms with Crippen LogP contribution in [0.15, 0.2) is 42.5 Å². The first-order valence-electron chi connectivity index (χ1n) is 9.93. The lowest BCUT2D eigenvalue weighted by Gasteiger charge is -2.22. The third-order valence-electron chi connectivity index (χ3n) is 5.24. The first kappa shape index (κ1) is 22.0. The van der Waals surface area contributed by atoms with Crippen molar-refractivity contribution in [2.75, 3.05) is 24.2 Å². The topological polar surface area (TPSA) is 84.9 Å². The van der Waals surface area contributed by atoms with E-state index in [1.165, 1.54) is 4.31 Å². The minimum atomic E-state index is -3.48. The Hall–Kier alpha value is -2.74. The Morgan fingerprint density at radius 1 is 1.30 bits per heavy atom. The molecule has 0 unspecified atom stereocenters. The number of carbonyl (C=O) groups is 1. The number of amides is 1. The van der Waals surface area contributed by atoms with Crippen molar-refractivity contribution >= 4 is 21.6 Å². The number of nitrogens with zero attached hydrogens (tertiary/aromatic N) is 1. The molecule has 2 atom stereocenters. The van der Waals surface area contributed by atoms with Crippen LogP contribution in [0.2, 0.25) is 0 Å². The highest BCUT2D eigenvalue weighted by atomic mass is 32.2. The highest BCUT2D eigenvalue weighted by molar-refractivity contribution is 7.92. The average Bonchev–Trinajstić information content (AvgIpc) is 2.91. The van der Waals surface area contributed by atoms with Crippen molar-refractivity contribution in [3.8, 4) is 11.5 Å². The number of benzene rings is 2. The van der Waals surface area contributed by atoms with E-state index < -0.39 is 16.1 Å². The zero-order valence-electron chi connectivity index (χ0n) is 17.7. The van der Waals surface area contributed by atoms with Crippen LogP contribution in [0, 0.1) is 6.92 Å². The lowest BCUT2D eigenvalue weighted by molar-refractivity contribution is -0.128. The van der Waals surface area contributed by atoms with Crippen LogP contribution >= 0.6 is 0 Å². The molecule has 162 valence electrons. The summed E-state index contributed by atoms with van der Waals surface area (Å²) < 4.78 is 37.0. The van der Waals surface area contributed by atoms with Crippen molar-refractivity contribution < 1.29 is 22.7 Å². The Morgan fingerprint density at radius 3 is 2.67 bits per heavy atom. The maximum Gasteiger partial charge on any atom is 0.261 e. The van der Waals surface area contributed by atoms with Gasteiger partial charge in [-0.05, 0) is 42.7 Å². The van der Waals surface area contributed by atoms with Crippen molar-refractivity contribution in [1.82, 2.24) is 5.32 Å². The second-order valence-corrected chi connectivity index (χ2v) is 9.30. The Kier molecular flexibility index (Phi) is 6.55. The van der Waals surface area contributed by atoms with E-state index in [-0.39, 0.29) is 24.9 Å². The lowest BCUT2D eigenvalue weighted by Crippen LogP contribution is -2.41. The van der Waals surface area contributed by atoms with Gasteiger partial charge in [-0.3, -0.25) is 9.10 Å². The molecule has 3 rings (SSSR count). The van der Waals surface area contributed by atoms with Gasteiger partial charge in [0.05, 0.1) is 25.1 Å². The second kappa shape index (κ2) is 8.95. The van der Waals surface area contributed by atoms with Crippen LogP contribution in [0.4, 0.5) is 5.69 Å². The van der Waals surface area contributed by atoms with E-state index in [9.17, 15) is 13.2 Å². The number of hydrogen-bond acceptors (Lipinski definition) is 5. The third-order valence-corrected chi connectivity index (χ3v) is 6.42. The highest BCUT2D eigenvalue weighted by Gasteiger charge is 2.31. The van der Waals surface area contributed by atoms with Crippen LogP contribution in [0.3, 0.4) is 0 Å². The molecule has 1 amide bonds. The number of ether oxygens (including phenoxy) is 2. The molecule has 0 saturated heterocycles. The number of fused-ring (bicyclic) bond motifs is 1. The summed E-state index contributed by atoms with van der Waals surface area (Å²) in [4.78, 5) is 13.0. The fourth-order valence-electron chi connectivity index (χ4n) is 3.66. The fraction of sp³-hybridized carbons (Fsp3) is 0.409. The molecule has 0 radical (unpaired) electrons. The van der Waals surface area contributed by atoms with Gasteiger partial charge in [-0.1, -0.05) is 31.2 Å². The van der Waals surface area contributed by atoms with Gasteiger partial charge in [0.25, 0.3) is 5.91 Å². The summed E-state index contributed by atoms with van der Waals surface area (Å²) >= 11 is 0. The van der Waals surface area contributed by atoms with E-state index in [0.717, 1.165) is 23.1 Å². The van der Waals surface area contributed by atoms with Crippen molar-refractivity contribution in [3.05, 3.63) is 53.6 Å². The smallest absolute Gasteiger partial charge is 0.261 e. The van der Waals surface area contributed by atoms with Crippen molar-refractivity contribution in [2.24, 2.45) is 0 Å². The van der Waals surface area contributed by atoms with Crippen LogP contribution in [-0.4, -0.2) is 40.3 Å². The maximum atomic E-state index is 13.0. The Bertz CT molecular complexity index is 1020. The number of methoxy groups -OCH3 is 1. The molecule has 1 aliphatic heterocycles. The van der Waals surface area contributed by atoms with Gasteiger partial charge in [0.2, 0.25) is 10.0 Å². The fourth-order valence-corrected chi connectivity index (χ4v) is 4.61. The number of para-hydroxylation sites is 2. The van der Waals surface area contributed by atoms with E-state index >= 15 is 0 Å². The summed E-state index contributed by atoms with van der Waals surface area (Å²) in [6, 6.07) is 12.5. The average molecular weight is 433 g/mol. The molecule has 30 heavy (non-hydrogen) atoms. The normalized spacial score (nSPS) is 17.3. The summed E-state index contributed by atoms with van der Waals surface area (Å²) in [7, 11) is -1.86. The lowest BCUT2D eigenvalue weighted by atomic mass is 10.0. The molecule has 1 N–H and O–H groups in total. The quantitative estimate of drug-likeness (QED) is 0.758. The van der Waals surface area contributed by atoms with Gasteiger partial charge in [-0.2, -0.15) is 0 Å². The van der Waals surface area contributed by atoms with Crippen LogP contribution in [0.1, 0.15) is 36.9 Å². The SMILES string of the molecule is CC[C@H](NC(=O)[C@H]1CCN(S(C)(=O)=O)c2ccccc2O1)c1ccc(OC)c(C)c1. The van der Waals surface area contributed by atoms with E-state index in [1.54, 1.807) is 31.4 Å². The van der Waals surface area contributed by atoms with Gasteiger partial charge >= 0.3 is 0 Å². The number of nitrogens with one attached hydrogen (secondary N) is 1. The molecule has 1 aliphatic rings.